The number of allylic oxidation sites excluding steroid dienone is 3. The van der Waals surface area contributed by atoms with Gasteiger partial charge in [-0.1, -0.05) is 98.0 Å². The van der Waals surface area contributed by atoms with Crippen LogP contribution >= 0.6 is 0 Å². The van der Waals surface area contributed by atoms with Gasteiger partial charge in [0.25, 0.3) is 0 Å². The van der Waals surface area contributed by atoms with E-state index in [9.17, 15) is 0 Å². The van der Waals surface area contributed by atoms with Gasteiger partial charge in [-0.15, -0.1) is 0 Å². The highest BCUT2D eigenvalue weighted by molar-refractivity contribution is 6.06. The first-order valence-corrected chi connectivity index (χ1v) is 18.0. The number of rotatable bonds is 6. The lowest BCUT2D eigenvalue weighted by Crippen LogP contribution is -2.35. The largest absolute Gasteiger partial charge is 0.334 e. The van der Waals surface area contributed by atoms with E-state index in [4.69, 9.17) is 15.0 Å². The lowest BCUT2D eigenvalue weighted by molar-refractivity contribution is 0.696. The maximum Gasteiger partial charge on any atom is 0.148 e. The molecule has 3 atom stereocenters. The summed E-state index contributed by atoms with van der Waals surface area (Å²) in [5.74, 6) is 2.11. The zero-order valence-electron chi connectivity index (χ0n) is 28.8. The Kier molecular flexibility index (Phi) is 7.20. The van der Waals surface area contributed by atoms with E-state index >= 15 is 0 Å². The number of fused-ring (bicyclic) bond motifs is 3. The van der Waals surface area contributed by atoms with Gasteiger partial charge >= 0.3 is 0 Å². The van der Waals surface area contributed by atoms with Crippen molar-refractivity contribution in [2.75, 3.05) is 4.90 Å². The molecule has 2 aliphatic carbocycles. The summed E-state index contributed by atoms with van der Waals surface area (Å²) in [5.41, 5.74) is 11.7. The summed E-state index contributed by atoms with van der Waals surface area (Å²) < 4.78 is 4.64. The summed E-state index contributed by atoms with van der Waals surface area (Å²) in [4.78, 5) is 18.6. The van der Waals surface area contributed by atoms with Crippen molar-refractivity contribution in [3.8, 4) is 34.2 Å². The Hall–Kier alpha value is -6.53. The van der Waals surface area contributed by atoms with Crippen molar-refractivity contribution in [1.82, 2.24) is 19.1 Å². The monoisotopic (exact) mass is 672 g/mol. The van der Waals surface area contributed by atoms with Crippen LogP contribution in [0, 0.1) is 0 Å². The lowest BCUT2D eigenvalue weighted by Gasteiger charge is -2.31. The van der Waals surface area contributed by atoms with Crippen molar-refractivity contribution in [1.29, 1.82) is 0 Å². The summed E-state index contributed by atoms with van der Waals surface area (Å²) in [6, 6.07) is 47.1. The van der Waals surface area contributed by atoms with E-state index in [1.165, 1.54) is 5.69 Å². The second-order valence-corrected chi connectivity index (χ2v) is 13.7. The first kappa shape index (κ1) is 30.3. The second kappa shape index (κ2) is 12.4. The van der Waals surface area contributed by atoms with Crippen molar-refractivity contribution in [3.63, 3.8) is 0 Å². The predicted molar refractivity (Wildman–Crippen MR) is 212 cm³/mol. The SMILES string of the molecule is CC1CC=Cc2nc(-c3cc(-c4nc5ccccc5n4-c4ccccc4)cc(C4N=C5C=CC=CC5N4c4ccccc4)c3)n(-c3ccccc3)c21. The normalized spacial score (nSPS) is 18.8. The van der Waals surface area contributed by atoms with Gasteiger partial charge in [0.1, 0.15) is 17.8 Å². The maximum absolute atomic E-state index is 5.43. The number of nitrogens with zero attached hydrogens (tertiary/aromatic N) is 6. The first-order chi connectivity index (χ1) is 25.7. The molecule has 0 saturated heterocycles. The highest BCUT2D eigenvalue weighted by Gasteiger charge is 2.36. The van der Waals surface area contributed by atoms with Gasteiger partial charge in [-0.05, 0) is 90.9 Å². The standard InChI is InChI=1S/C46H36N6/c1-31-16-15-25-40-43(31)52(37-21-9-4-10-22-37)46(49-40)34-29-32(44-47-38-23-11-13-26-41(38)50(44)35-17-5-2-6-18-35)28-33(30-34)45-48-39-24-12-14-27-42(39)51(45)36-19-7-3-8-20-36/h2-15,17-31,41,44H,16H2,1H3. The van der Waals surface area contributed by atoms with Crippen LogP contribution in [0.1, 0.15) is 42.4 Å². The number of para-hydroxylation sites is 5. The van der Waals surface area contributed by atoms with E-state index in [0.717, 1.165) is 74.3 Å². The van der Waals surface area contributed by atoms with Gasteiger partial charge < -0.3 is 4.90 Å². The Bertz CT molecular complexity index is 2570. The fourth-order valence-electron chi connectivity index (χ4n) is 8.06. The minimum absolute atomic E-state index is 0.0306. The molecule has 0 spiro atoms. The van der Waals surface area contributed by atoms with Gasteiger partial charge in [0.05, 0.1) is 34.2 Å². The van der Waals surface area contributed by atoms with Crippen molar-refractivity contribution in [3.05, 3.63) is 181 Å². The number of aliphatic imine (C=N–C) groups is 1. The van der Waals surface area contributed by atoms with E-state index < -0.39 is 0 Å². The molecule has 1 aliphatic heterocycles. The molecular weight excluding hydrogens is 637 g/mol. The number of imidazole rings is 2. The molecule has 2 aromatic heterocycles. The minimum atomic E-state index is -0.267. The van der Waals surface area contributed by atoms with Crippen LogP contribution in [0.4, 0.5) is 5.69 Å². The third-order valence-electron chi connectivity index (χ3n) is 10.4. The molecule has 0 saturated carbocycles. The number of hydrogen-bond donors (Lipinski definition) is 0. The zero-order chi connectivity index (χ0) is 34.6. The average Bonchev–Trinajstić information content (AvgIpc) is 3.91. The molecule has 6 heteroatoms. The number of aromatic nitrogens is 4. The van der Waals surface area contributed by atoms with Gasteiger partial charge in [-0.2, -0.15) is 0 Å². The van der Waals surface area contributed by atoms with E-state index in [2.05, 4.69) is 191 Å². The Morgan fingerprint density at radius 3 is 1.98 bits per heavy atom. The molecule has 0 fully saturated rings. The summed E-state index contributed by atoms with van der Waals surface area (Å²) in [6.45, 7) is 2.30. The topological polar surface area (TPSA) is 51.2 Å². The Morgan fingerprint density at radius 1 is 0.615 bits per heavy atom. The summed E-state index contributed by atoms with van der Waals surface area (Å²) in [7, 11) is 0. The molecule has 3 heterocycles. The van der Waals surface area contributed by atoms with Crippen LogP contribution in [0.25, 0.3) is 51.3 Å². The van der Waals surface area contributed by atoms with Gasteiger partial charge in [0.15, 0.2) is 0 Å². The van der Waals surface area contributed by atoms with Gasteiger partial charge in [-0.25, -0.2) is 9.97 Å². The molecular formula is C46H36N6. The maximum atomic E-state index is 5.43. The quantitative estimate of drug-likeness (QED) is 0.177. The first-order valence-electron chi connectivity index (χ1n) is 18.0. The van der Waals surface area contributed by atoms with E-state index in [0.29, 0.717) is 5.92 Å². The summed E-state index contributed by atoms with van der Waals surface area (Å²) in [5, 5.41) is 0. The van der Waals surface area contributed by atoms with Crippen LogP contribution in [-0.2, 0) is 0 Å². The van der Waals surface area contributed by atoms with Crippen LogP contribution in [-0.4, -0.2) is 30.9 Å². The van der Waals surface area contributed by atoms with Gasteiger partial charge in [0, 0.05) is 34.1 Å². The van der Waals surface area contributed by atoms with Crippen molar-refractivity contribution < 1.29 is 0 Å². The van der Waals surface area contributed by atoms with Crippen LogP contribution in [0.3, 0.4) is 0 Å². The molecule has 3 unspecified atom stereocenters. The van der Waals surface area contributed by atoms with E-state index in [1.54, 1.807) is 0 Å². The third kappa shape index (κ3) is 4.98. The Balaban J connectivity index is 1.26. The number of benzene rings is 5. The molecule has 250 valence electrons. The van der Waals surface area contributed by atoms with Crippen molar-refractivity contribution in [2.45, 2.75) is 31.5 Å². The summed E-state index contributed by atoms with van der Waals surface area (Å²) >= 11 is 0. The van der Waals surface area contributed by atoms with E-state index in [-0.39, 0.29) is 12.2 Å². The third-order valence-corrected chi connectivity index (χ3v) is 10.4. The number of anilines is 1. The van der Waals surface area contributed by atoms with Crippen LogP contribution in [0.15, 0.2) is 169 Å². The molecule has 0 radical (unpaired) electrons. The molecule has 7 aromatic rings. The van der Waals surface area contributed by atoms with Crippen LogP contribution in [0.2, 0.25) is 0 Å². The highest BCUT2D eigenvalue weighted by atomic mass is 15.3. The van der Waals surface area contributed by atoms with Crippen LogP contribution < -0.4 is 4.90 Å². The molecule has 0 N–H and O–H groups in total. The fraction of sp³-hybridized carbons (Fsp3) is 0.109. The summed E-state index contributed by atoms with van der Waals surface area (Å²) in [6.07, 6.45) is 13.7. The zero-order valence-corrected chi connectivity index (χ0v) is 28.8. The van der Waals surface area contributed by atoms with Crippen molar-refractivity contribution in [2.24, 2.45) is 4.99 Å². The van der Waals surface area contributed by atoms with Gasteiger partial charge in [-0.3, -0.25) is 14.1 Å². The van der Waals surface area contributed by atoms with Gasteiger partial charge in [0.2, 0.25) is 0 Å². The van der Waals surface area contributed by atoms with Crippen LogP contribution in [0.5, 0.6) is 0 Å². The predicted octanol–water partition coefficient (Wildman–Crippen LogP) is 10.5. The smallest absolute Gasteiger partial charge is 0.148 e. The molecule has 3 aliphatic rings. The average molecular weight is 673 g/mol. The molecule has 10 rings (SSSR count). The molecule has 5 aromatic carbocycles. The Labute approximate surface area is 303 Å². The molecule has 52 heavy (non-hydrogen) atoms. The molecule has 0 bridgehead atoms. The fourth-order valence-corrected chi connectivity index (χ4v) is 8.06. The number of hydrogen-bond acceptors (Lipinski definition) is 4. The van der Waals surface area contributed by atoms with E-state index in [1.807, 2.05) is 0 Å². The Morgan fingerprint density at radius 2 is 1.25 bits per heavy atom. The van der Waals surface area contributed by atoms with Crippen molar-refractivity contribution >= 4 is 28.5 Å². The second-order valence-electron chi connectivity index (χ2n) is 13.7. The highest BCUT2D eigenvalue weighted by Crippen LogP contribution is 2.43. The lowest BCUT2D eigenvalue weighted by atomic mass is 9.96. The molecule has 6 nitrogen and oxygen atoms in total. The molecule has 0 amide bonds. The minimum Gasteiger partial charge on any atom is -0.334 e.